The van der Waals surface area contributed by atoms with Crippen LogP contribution in [-0.2, 0) is 16.3 Å². The van der Waals surface area contributed by atoms with Gasteiger partial charge in [0.1, 0.15) is 15.6 Å². The van der Waals surface area contributed by atoms with Gasteiger partial charge < -0.3 is 10.2 Å². The van der Waals surface area contributed by atoms with Gasteiger partial charge in [-0.15, -0.1) is 0 Å². The molecule has 68 valence electrons. The molecule has 0 bridgehead atoms. The second-order valence-electron chi connectivity index (χ2n) is 2.54. The highest BCUT2D eigenvalue weighted by atomic mass is 32.2. The average molecular weight is 190 g/mol. The Bertz CT molecular complexity index is 355. The molecule has 0 saturated carbocycles. The summed E-state index contributed by atoms with van der Waals surface area (Å²) in [6.07, 6.45) is 2.93. The molecule has 5 nitrogen and oxygen atoms in total. The maximum Gasteiger partial charge on any atom is 0.292 e. The Morgan fingerprint density at radius 3 is 2.75 bits per heavy atom. The monoisotopic (exact) mass is 190 g/mol. The Kier molecular flexibility index (Phi) is 2.37. The smallest absolute Gasteiger partial charge is 0.292 e. The van der Waals surface area contributed by atoms with Crippen LogP contribution in [-0.4, -0.2) is 25.4 Å². The predicted molar refractivity (Wildman–Crippen MR) is 44.3 cm³/mol. The highest BCUT2D eigenvalue weighted by Gasteiger charge is 2.06. The molecule has 6 heteroatoms. The number of aromatic nitrogens is 1. The Balaban J connectivity index is 2.55. The number of aryl methyl sites for hydroxylation is 1. The summed E-state index contributed by atoms with van der Waals surface area (Å²) in [4.78, 5) is 3.63. The van der Waals surface area contributed by atoms with Gasteiger partial charge in [0.15, 0.2) is 0 Å². The van der Waals surface area contributed by atoms with E-state index in [-0.39, 0.29) is 11.8 Å². The molecule has 0 aliphatic carbocycles. The summed E-state index contributed by atoms with van der Waals surface area (Å²) in [6.45, 7) is 0. The topological polar surface area (TPSA) is 86.2 Å². The molecule has 1 aromatic rings. The lowest BCUT2D eigenvalue weighted by atomic mass is 10.4. The van der Waals surface area contributed by atoms with Gasteiger partial charge in [0.2, 0.25) is 0 Å². The summed E-state index contributed by atoms with van der Waals surface area (Å²) in [7, 11) is -2.94. The number of nitrogen functional groups attached to an aromatic ring is 1. The van der Waals surface area contributed by atoms with Gasteiger partial charge in [0.25, 0.3) is 6.01 Å². The number of nitrogens with zero attached hydrogens (tertiary/aromatic N) is 1. The molecular formula is C6H10N2O3S. The number of sulfone groups is 1. The summed E-state index contributed by atoms with van der Waals surface area (Å²) in [5.74, 6) is 0.555. The number of hydrogen-bond donors (Lipinski definition) is 1. The second kappa shape index (κ2) is 3.14. The molecule has 0 aliphatic rings. The molecule has 0 aliphatic heterocycles. The van der Waals surface area contributed by atoms with Crippen molar-refractivity contribution in [1.29, 1.82) is 0 Å². The van der Waals surface area contributed by atoms with Gasteiger partial charge in [-0.1, -0.05) is 0 Å². The van der Waals surface area contributed by atoms with Crippen molar-refractivity contribution in [1.82, 2.24) is 4.98 Å². The lowest BCUT2D eigenvalue weighted by Crippen LogP contribution is -2.05. The number of oxazole rings is 1. The van der Waals surface area contributed by atoms with Crippen LogP contribution in [0.1, 0.15) is 5.76 Å². The molecule has 1 heterocycles. The largest absolute Gasteiger partial charge is 0.429 e. The van der Waals surface area contributed by atoms with Crippen molar-refractivity contribution >= 4 is 15.9 Å². The van der Waals surface area contributed by atoms with E-state index in [1.807, 2.05) is 0 Å². The van der Waals surface area contributed by atoms with E-state index in [9.17, 15) is 8.42 Å². The van der Waals surface area contributed by atoms with Crippen molar-refractivity contribution < 1.29 is 12.8 Å². The zero-order valence-corrected chi connectivity index (χ0v) is 7.47. The van der Waals surface area contributed by atoms with Gasteiger partial charge in [-0.3, -0.25) is 0 Å². The van der Waals surface area contributed by atoms with E-state index in [0.717, 1.165) is 0 Å². The highest BCUT2D eigenvalue weighted by molar-refractivity contribution is 7.90. The first-order valence-corrected chi connectivity index (χ1v) is 5.41. The molecule has 0 saturated heterocycles. The third kappa shape index (κ3) is 2.91. The molecule has 12 heavy (non-hydrogen) atoms. The zero-order valence-electron chi connectivity index (χ0n) is 6.65. The van der Waals surface area contributed by atoms with Crippen molar-refractivity contribution in [3.63, 3.8) is 0 Å². The second-order valence-corrected chi connectivity index (χ2v) is 4.80. The first-order valence-electron chi connectivity index (χ1n) is 3.35. The lowest BCUT2D eigenvalue weighted by molar-refractivity contribution is 0.527. The van der Waals surface area contributed by atoms with E-state index in [4.69, 9.17) is 10.2 Å². The standard InChI is InChI=1S/C6H10N2O3S/c1-12(9,10)3-2-5-4-8-6(7)11-5/h4H,2-3H2,1H3,(H2,7,8). The fraction of sp³-hybridized carbons (Fsp3) is 0.500. The predicted octanol–water partition coefficient (Wildman–Crippen LogP) is -0.156. The van der Waals surface area contributed by atoms with Gasteiger partial charge >= 0.3 is 0 Å². The Morgan fingerprint density at radius 2 is 2.33 bits per heavy atom. The maximum absolute atomic E-state index is 10.7. The lowest BCUT2D eigenvalue weighted by Gasteiger charge is -1.93. The first-order chi connectivity index (χ1) is 5.47. The number of rotatable bonds is 3. The highest BCUT2D eigenvalue weighted by Crippen LogP contribution is 2.05. The van der Waals surface area contributed by atoms with Crippen molar-refractivity contribution in [3.05, 3.63) is 12.0 Å². The molecule has 0 amide bonds. The fourth-order valence-corrected chi connectivity index (χ4v) is 1.30. The van der Waals surface area contributed by atoms with Crippen molar-refractivity contribution in [2.45, 2.75) is 6.42 Å². The molecular weight excluding hydrogens is 180 g/mol. The Morgan fingerprint density at radius 1 is 1.67 bits per heavy atom. The quantitative estimate of drug-likeness (QED) is 0.716. The van der Waals surface area contributed by atoms with E-state index < -0.39 is 9.84 Å². The van der Waals surface area contributed by atoms with Crippen LogP contribution in [0.25, 0.3) is 0 Å². The maximum atomic E-state index is 10.7. The number of anilines is 1. The van der Waals surface area contributed by atoms with Crippen LogP contribution >= 0.6 is 0 Å². The van der Waals surface area contributed by atoms with Crippen LogP contribution in [0.5, 0.6) is 0 Å². The minimum Gasteiger partial charge on any atom is -0.429 e. The summed E-state index contributed by atoms with van der Waals surface area (Å²) in [5.41, 5.74) is 5.19. The molecule has 0 unspecified atom stereocenters. The summed E-state index contributed by atoms with van der Waals surface area (Å²) >= 11 is 0. The van der Waals surface area contributed by atoms with Gasteiger partial charge in [0, 0.05) is 12.7 Å². The van der Waals surface area contributed by atoms with E-state index in [1.165, 1.54) is 12.5 Å². The Labute approximate surface area is 70.5 Å². The van der Waals surface area contributed by atoms with Crippen molar-refractivity contribution in [2.75, 3.05) is 17.7 Å². The van der Waals surface area contributed by atoms with Crippen LogP contribution in [0.3, 0.4) is 0 Å². The summed E-state index contributed by atoms with van der Waals surface area (Å²) < 4.78 is 26.3. The molecule has 0 radical (unpaired) electrons. The van der Waals surface area contributed by atoms with E-state index in [2.05, 4.69) is 4.98 Å². The third-order valence-corrected chi connectivity index (χ3v) is 2.24. The average Bonchev–Trinajstić information content (AvgIpc) is 2.30. The minimum absolute atomic E-state index is 0.0572. The number of nitrogens with two attached hydrogens (primary N) is 1. The molecule has 0 spiro atoms. The molecule has 1 rings (SSSR count). The molecule has 0 atom stereocenters. The Hall–Kier alpha value is -1.04. The van der Waals surface area contributed by atoms with Gasteiger partial charge in [0.05, 0.1) is 11.9 Å². The van der Waals surface area contributed by atoms with Crippen molar-refractivity contribution in [3.8, 4) is 0 Å². The van der Waals surface area contributed by atoms with Gasteiger partial charge in [-0.25, -0.2) is 13.4 Å². The van der Waals surface area contributed by atoms with E-state index >= 15 is 0 Å². The minimum atomic E-state index is -2.94. The zero-order chi connectivity index (χ0) is 9.19. The van der Waals surface area contributed by atoms with Crippen LogP contribution in [0.4, 0.5) is 6.01 Å². The van der Waals surface area contributed by atoms with Crippen LogP contribution in [0.15, 0.2) is 10.6 Å². The SMILES string of the molecule is CS(=O)(=O)CCc1cnc(N)o1. The van der Waals surface area contributed by atoms with E-state index in [0.29, 0.717) is 12.2 Å². The van der Waals surface area contributed by atoms with Crippen molar-refractivity contribution in [2.24, 2.45) is 0 Å². The molecule has 0 aromatic carbocycles. The van der Waals surface area contributed by atoms with E-state index in [1.54, 1.807) is 0 Å². The molecule has 0 fully saturated rings. The fourth-order valence-electron chi connectivity index (χ4n) is 0.724. The number of hydrogen-bond acceptors (Lipinski definition) is 5. The summed E-state index contributed by atoms with van der Waals surface area (Å²) in [6, 6.07) is 0.0681. The van der Waals surface area contributed by atoms with Crippen LogP contribution in [0.2, 0.25) is 0 Å². The van der Waals surface area contributed by atoms with Crippen LogP contribution in [0, 0.1) is 0 Å². The molecule has 2 N–H and O–H groups in total. The molecule has 1 aromatic heterocycles. The first kappa shape index (κ1) is 9.05. The van der Waals surface area contributed by atoms with Gasteiger partial charge in [-0.2, -0.15) is 0 Å². The van der Waals surface area contributed by atoms with Gasteiger partial charge in [-0.05, 0) is 0 Å². The van der Waals surface area contributed by atoms with Crippen LogP contribution < -0.4 is 5.73 Å². The normalized spacial score (nSPS) is 11.8. The summed E-state index contributed by atoms with van der Waals surface area (Å²) in [5, 5.41) is 0. The third-order valence-electron chi connectivity index (χ3n) is 1.29.